The Balaban J connectivity index is 2.16. The molecule has 0 saturated heterocycles. The molecule has 0 aliphatic heterocycles. The molecule has 0 fully saturated rings. The van der Waals surface area contributed by atoms with Gasteiger partial charge in [-0.2, -0.15) is 13.2 Å². The zero-order chi connectivity index (χ0) is 17.7. The molecule has 132 valence electrons. The van der Waals surface area contributed by atoms with E-state index in [1.54, 1.807) is 12.1 Å². The first-order valence-electron chi connectivity index (χ1n) is 7.32. The molecule has 0 spiro atoms. The summed E-state index contributed by atoms with van der Waals surface area (Å²) in [6.07, 6.45) is -5.31. The SMILES string of the molecule is CC(C)NCC(O)COc1ccccc1-c1nnsc1C(F)(F)F. The third kappa shape index (κ3) is 4.89. The molecule has 2 aromatic rings. The summed E-state index contributed by atoms with van der Waals surface area (Å²) in [4.78, 5) is -0.874. The molecule has 1 aromatic carbocycles. The minimum atomic E-state index is -4.53. The van der Waals surface area contributed by atoms with Crippen LogP contribution in [0.5, 0.6) is 5.75 Å². The van der Waals surface area contributed by atoms with Crippen LogP contribution in [-0.2, 0) is 6.18 Å². The number of nitrogens with zero attached hydrogens (tertiary/aromatic N) is 2. The summed E-state index contributed by atoms with van der Waals surface area (Å²) in [5.41, 5.74) is -0.0690. The van der Waals surface area contributed by atoms with Gasteiger partial charge in [0.1, 0.15) is 24.2 Å². The zero-order valence-electron chi connectivity index (χ0n) is 13.2. The number of halogens is 3. The molecular formula is C15H18F3N3O2S. The van der Waals surface area contributed by atoms with Crippen LogP contribution >= 0.6 is 11.5 Å². The van der Waals surface area contributed by atoms with Crippen LogP contribution in [0.2, 0.25) is 0 Å². The van der Waals surface area contributed by atoms with E-state index in [2.05, 4.69) is 14.9 Å². The molecule has 0 radical (unpaired) electrons. The van der Waals surface area contributed by atoms with E-state index in [0.717, 1.165) is 0 Å². The van der Waals surface area contributed by atoms with Crippen LogP contribution in [-0.4, -0.2) is 40.0 Å². The van der Waals surface area contributed by atoms with Crippen molar-refractivity contribution in [3.05, 3.63) is 29.1 Å². The van der Waals surface area contributed by atoms with E-state index in [9.17, 15) is 18.3 Å². The molecule has 2 N–H and O–H groups in total. The molecule has 9 heteroatoms. The van der Waals surface area contributed by atoms with Gasteiger partial charge in [-0.3, -0.25) is 0 Å². The topological polar surface area (TPSA) is 67.3 Å². The second kappa shape index (κ2) is 7.91. The average molecular weight is 361 g/mol. The van der Waals surface area contributed by atoms with Gasteiger partial charge >= 0.3 is 6.18 Å². The highest BCUT2D eigenvalue weighted by Crippen LogP contribution is 2.40. The maximum Gasteiger partial charge on any atom is 0.429 e. The van der Waals surface area contributed by atoms with Crippen molar-refractivity contribution in [2.45, 2.75) is 32.2 Å². The van der Waals surface area contributed by atoms with Gasteiger partial charge < -0.3 is 15.2 Å². The fourth-order valence-electron chi connectivity index (χ4n) is 1.96. The molecule has 1 aromatic heterocycles. The van der Waals surface area contributed by atoms with Gasteiger partial charge in [0, 0.05) is 18.2 Å². The van der Waals surface area contributed by atoms with E-state index in [1.165, 1.54) is 12.1 Å². The van der Waals surface area contributed by atoms with E-state index in [1.807, 2.05) is 13.8 Å². The third-order valence-electron chi connectivity index (χ3n) is 3.08. The first kappa shape index (κ1) is 18.6. The predicted octanol–water partition coefficient (Wildman–Crippen LogP) is 2.96. The van der Waals surface area contributed by atoms with E-state index < -0.39 is 17.2 Å². The summed E-state index contributed by atoms with van der Waals surface area (Å²) in [5, 5.41) is 16.5. The Morgan fingerprint density at radius 3 is 2.67 bits per heavy atom. The highest BCUT2D eigenvalue weighted by molar-refractivity contribution is 7.06. The predicted molar refractivity (Wildman–Crippen MR) is 85.0 cm³/mol. The van der Waals surface area contributed by atoms with E-state index >= 15 is 0 Å². The van der Waals surface area contributed by atoms with Gasteiger partial charge in [-0.25, -0.2) is 0 Å². The van der Waals surface area contributed by atoms with Crippen LogP contribution in [0.4, 0.5) is 13.2 Å². The van der Waals surface area contributed by atoms with Crippen molar-refractivity contribution in [1.82, 2.24) is 14.9 Å². The van der Waals surface area contributed by atoms with Crippen molar-refractivity contribution < 1.29 is 23.0 Å². The normalized spacial score (nSPS) is 13.3. The van der Waals surface area contributed by atoms with E-state index in [4.69, 9.17) is 4.74 Å². The highest BCUT2D eigenvalue weighted by atomic mass is 32.1. The van der Waals surface area contributed by atoms with Gasteiger partial charge in [0.25, 0.3) is 0 Å². The van der Waals surface area contributed by atoms with Gasteiger partial charge in [0.05, 0.1) is 0 Å². The number of rotatable bonds is 7. The summed E-state index contributed by atoms with van der Waals surface area (Å²) in [7, 11) is 0. The second-order valence-corrected chi connectivity index (χ2v) is 6.23. The number of hydrogen-bond donors (Lipinski definition) is 2. The molecule has 0 amide bonds. The number of benzene rings is 1. The fourth-order valence-corrected chi connectivity index (χ4v) is 2.50. The van der Waals surface area contributed by atoms with E-state index in [0.29, 0.717) is 18.1 Å². The lowest BCUT2D eigenvalue weighted by atomic mass is 10.1. The van der Waals surface area contributed by atoms with Crippen molar-refractivity contribution in [2.24, 2.45) is 0 Å². The lowest BCUT2D eigenvalue weighted by molar-refractivity contribution is -0.134. The summed E-state index contributed by atoms with van der Waals surface area (Å²) < 4.78 is 48.0. The average Bonchev–Trinajstić information content (AvgIpc) is 3.01. The molecule has 24 heavy (non-hydrogen) atoms. The number of ether oxygens (including phenoxy) is 1. The first-order chi connectivity index (χ1) is 11.3. The Labute approximate surface area is 141 Å². The smallest absolute Gasteiger partial charge is 0.429 e. The third-order valence-corrected chi connectivity index (χ3v) is 3.85. The molecule has 0 aliphatic carbocycles. The van der Waals surface area contributed by atoms with Crippen molar-refractivity contribution in [3.63, 3.8) is 0 Å². The van der Waals surface area contributed by atoms with Crippen molar-refractivity contribution in [3.8, 4) is 17.0 Å². The quantitative estimate of drug-likeness (QED) is 0.794. The molecular weight excluding hydrogens is 343 g/mol. The number of aromatic nitrogens is 2. The lowest BCUT2D eigenvalue weighted by Gasteiger charge is -2.16. The number of nitrogens with one attached hydrogen (secondary N) is 1. The molecule has 1 heterocycles. The van der Waals surface area contributed by atoms with Crippen LogP contribution in [0.25, 0.3) is 11.3 Å². The Morgan fingerprint density at radius 2 is 2.00 bits per heavy atom. The van der Waals surface area contributed by atoms with Crippen molar-refractivity contribution >= 4 is 11.5 Å². The fraction of sp³-hybridized carbons (Fsp3) is 0.467. The standard InChI is InChI=1S/C15H18F3N3O2S/c1-9(2)19-7-10(22)8-23-12-6-4-3-5-11(12)13-14(15(16,17)18)24-21-20-13/h3-6,9-10,19,22H,7-8H2,1-2H3. The number of alkyl halides is 3. The monoisotopic (exact) mass is 361 g/mol. The van der Waals surface area contributed by atoms with Gasteiger partial charge in [0.2, 0.25) is 0 Å². The summed E-state index contributed by atoms with van der Waals surface area (Å²) in [6, 6.07) is 6.47. The van der Waals surface area contributed by atoms with Gasteiger partial charge in [0.15, 0.2) is 4.88 Å². The summed E-state index contributed by atoms with van der Waals surface area (Å²) in [6.45, 7) is 4.16. The summed E-state index contributed by atoms with van der Waals surface area (Å²) in [5.74, 6) is 0.222. The van der Waals surface area contributed by atoms with Crippen LogP contribution in [0, 0.1) is 0 Å². The Morgan fingerprint density at radius 1 is 1.29 bits per heavy atom. The maximum atomic E-state index is 13.0. The van der Waals surface area contributed by atoms with Gasteiger partial charge in [-0.15, -0.1) is 5.10 Å². The van der Waals surface area contributed by atoms with Crippen LogP contribution < -0.4 is 10.1 Å². The van der Waals surface area contributed by atoms with Crippen molar-refractivity contribution in [1.29, 1.82) is 0 Å². The molecule has 1 atom stereocenters. The number of hydrogen-bond acceptors (Lipinski definition) is 6. The van der Waals surface area contributed by atoms with Gasteiger partial charge in [-0.1, -0.05) is 30.5 Å². The van der Waals surface area contributed by atoms with Crippen molar-refractivity contribution in [2.75, 3.05) is 13.2 Å². The number of aliphatic hydroxyl groups is 1. The zero-order valence-corrected chi connectivity index (χ0v) is 14.0. The number of aliphatic hydroxyl groups excluding tert-OH is 1. The lowest BCUT2D eigenvalue weighted by Crippen LogP contribution is -2.35. The van der Waals surface area contributed by atoms with E-state index in [-0.39, 0.29) is 29.7 Å². The molecule has 2 rings (SSSR count). The molecule has 0 aliphatic rings. The highest BCUT2D eigenvalue weighted by Gasteiger charge is 2.38. The molecule has 0 saturated carbocycles. The number of para-hydroxylation sites is 1. The minimum Gasteiger partial charge on any atom is -0.490 e. The first-order valence-corrected chi connectivity index (χ1v) is 8.09. The minimum absolute atomic E-state index is 0.0460. The molecule has 0 bridgehead atoms. The molecule has 1 unspecified atom stereocenters. The Kier molecular flexibility index (Phi) is 6.14. The summed E-state index contributed by atoms with van der Waals surface area (Å²) >= 11 is 0.295. The largest absolute Gasteiger partial charge is 0.490 e. The second-order valence-electron chi connectivity index (χ2n) is 5.47. The van der Waals surface area contributed by atoms with Crippen LogP contribution in [0.15, 0.2) is 24.3 Å². The van der Waals surface area contributed by atoms with Crippen LogP contribution in [0.1, 0.15) is 18.7 Å². The Hall–Kier alpha value is -1.71. The van der Waals surface area contributed by atoms with Gasteiger partial charge in [-0.05, 0) is 23.7 Å². The maximum absolute atomic E-state index is 13.0. The van der Waals surface area contributed by atoms with Crippen LogP contribution in [0.3, 0.4) is 0 Å². The Bertz CT molecular complexity index is 661. The molecule has 5 nitrogen and oxygen atoms in total.